The fourth-order valence-electron chi connectivity index (χ4n) is 1.88. The van der Waals surface area contributed by atoms with E-state index in [4.69, 9.17) is 0 Å². The van der Waals surface area contributed by atoms with Crippen molar-refractivity contribution in [2.24, 2.45) is 0 Å². The second-order valence-corrected chi connectivity index (χ2v) is 5.04. The van der Waals surface area contributed by atoms with Crippen molar-refractivity contribution in [3.63, 3.8) is 0 Å². The zero-order chi connectivity index (χ0) is 14.1. The number of amides is 1. The molecule has 1 amide bonds. The normalized spacial score (nSPS) is 12.2. The van der Waals surface area contributed by atoms with E-state index >= 15 is 0 Å². The summed E-state index contributed by atoms with van der Waals surface area (Å²) in [7, 11) is 0. The molecule has 1 rings (SSSR count). The van der Waals surface area contributed by atoms with Gasteiger partial charge in [-0.25, -0.2) is 0 Å². The third-order valence-corrected chi connectivity index (χ3v) is 3.26. The molecule has 0 spiro atoms. The molecule has 1 atom stereocenters. The van der Waals surface area contributed by atoms with Gasteiger partial charge in [0.15, 0.2) is 0 Å². The minimum absolute atomic E-state index is 0.0791. The van der Waals surface area contributed by atoms with Gasteiger partial charge in [-0.2, -0.15) is 0 Å². The quantitative estimate of drug-likeness (QED) is 0.757. The summed E-state index contributed by atoms with van der Waals surface area (Å²) in [5.74, 6) is 0.0791. The largest absolute Gasteiger partial charge is 0.393 e. The number of rotatable bonds is 8. The van der Waals surface area contributed by atoms with Crippen molar-refractivity contribution in [1.29, 1.82) is 0 Å². The van der Waals surface area contributed by atoms with Gasteiger partial charge in [0.1, 0.15) is 0 Å². The lowest BCUT2D eigenvalue weighted by Gasteiger charge is -2.08. The molecule has 0 aliphatic carbocycles. The van der Waals surface area contributed by atoms with Crippen molar-refractivity contribution in [3.8, 4) is 0 Å². The van der Waals surface area contributed by atoms with Crippen LogP contribution in [0.4, 0.5) is 0 Å². The Morgan fingerprint density at radius 2 is 2.00 bits per heavy atom. The van der Waals surface area contributed by atoms with Gasteiger partial charge in [-0.3, -0.25) is 4.79 Å². The van der Waals surface area contributed by atoms with Crippen molar-refractivity contribution in [3.05, 3.63) is 35.4 Å². The van der Waals surface area contributed by atoms with E-state index in [1.807, 2.05) is 6.92 Å². The van der Waals surface area contributed by atoms with Crippen LogP contribution >= 0.6 is 0 Å². The zero-order valence-corrected chi connectivity index (χ0v) is 12.0. The first-order chi connectivity index (χ1) is 9.11. The molecule has 1 aromatic carbocycles. The lowest BCUT2D eigenvalue weighted by molar-refractivity contribution is -0.121. The van der Waals surface area contributed by atoms with Crippen LogP contribution in [-0.4, -0.2) is 23.7 Å². The predicted octanol–water partition coefficient (Wildman–Crippen LogP) is 2.59. The lowest BCUT2D eigenvalue weighted by Crippen LogP contribution is -2.26. The van der Waals surface area contributed by atoms with Crippen molar-refractivity contribution in [2.45, 2.75) is 52.1 Å². The summed E-state index contributed by atoms with van der Waals surface area (Å²) in [6.45, 7) is 4.58. The van der Waals surface area contributed by atoms with Crippen LogP contribution in [0.5, 0.6) is 0 Å². The molecule has 0 saturated carbocycles. The maximum Gasteiger partial charge on any atom is 0.220 e. The van der Waals surface area contributed by atoms with E-state index in [2.05, 4.69) is 36.5 Å². The van der Waals surface area contributed by atoms with Gasteiger partial charge in [-0.15, -0.1) is 0 Å². The van der Waals surface area contributed by atoms with Crippen LogP contribution in [0.2, 0.25) is 0 Å². The van der Waals surface area contributed by atoms with E-state index < -0.39 is 0 Å². The molecule has 0 aliphatic rings. The van der Waals surface area contributed by atoms with E-state index in [-0.39, 0.29) is 12.0 Å². The van der Waals surface area contributed by atoms with Crippen molar-refractivity contribution < 1.29 is 9.90 Å². The number of aliphatic hydroxyl groups is 1. The van der Waals surface area contributed by atoms with Gasteiger partial charge in [-0.05, 0) is 38.2 Å². The van der Waals surface area contributed by atoms with Crippen LogP contribution in [0.15, 0.2) is 24.3 Å². The van der Waals surface area contributed by atoms with Crippen LogP contribution in [-0.2, 0) is 11.2 Å². The first-order valence-corrected chi connectivity index (χ1v) is 7.12. The second kappa shape index (κ2) is 8.70. The minimum Gasteiger partial charge on any atom is -0.393 e. The Bertz CT molecular complexity index is 373. The predicted molar refractivity (Wildman–Crippen MR) is 78.0 cm³/mol. The summed E-state index contributed by atoms with van der Waals surface area (Å²) < 4.78 is 0. The molecule has 19 heavy (non-hydrogen) atoms. The molecule has 0 radical (unpaired) electrons. The Morgan fingerprint density at radius 1 is 1.32 bits per heavy atom. The third kappa shape index (κ3) is 6.97. The van der Waals surface area contributed by atoms with E-state index in [0.29, 0.717) is 19.4 Å². The molecule has 0 aliphatic heterocycles. The Kier molecular flexibility index (Phi) is 7.19. The molecular formula is C16H25NO2. The highest BCUT2D eigenvalue weighted by molar-refractivity contribution is 5.75. The maximum absolute atomic E-state index is 11.6. The smallest absolute Gasteiger partial charge is 0.220 e. The number of benzene rings is 1. The molecule has 1 unspecified atom stereocenters. The number of nitrogens with one attached hydrogen (secondary N) is 1. The maximum atomic E-state index is 11.6. The average Bonchev–Trinajstić information content (AvgIpc) is 2.41. The summed E-state index contributed by atoms with van der Waals surface area (Å²) >= 11 is 0. The highest BCUT2D eigenvalue weighted by atomic mass is 16.3. The fraction of sp³-hybridized carbons (Fsp3) is 0.562. The standard InChI is InChI=1S/C16H25NO2/c1-3-15(18)11-12-17-16(19)6-4-5-14-9-7-13(2)8-10-14/h7-10,15,18H,3-6,11-12H2,1-2H3,(H,17,19). The molecule has 0 fully saturated rings. The van der Waals surface area contributed by atoms with Crippen LogP contribution < -0.4 is 5.32 Å². The molecule has 3 heteroatoms. The highest BCUT2D eigenvalue weighted by Gasteiger charge is 2.04. The van der Waals surface area contributed by atoms with Crippen molar-refractivity contribution >= 4 is 5.91 Å². The monoisotopic (exact) mass is 263 g/mol. The summed E-state index contributed by atoms with van der Waals surface area (Å²) in [6, 6.07) is 8.43. The lowest BCUT2D eigenvalue weighted by atomic mass is 10.1. The highest BCUT2D eigenvalue weighted by Crippen LogP contribution is 2.07. The van der Waals surface area contributed by atoms with Gasteiger partial charge in [0.25, 0.3) is 0 Å². The Labute approximate surface area is 116 Å². The Morgan fingerprint density at radius 3 is 2.63 bits per heavy atom. The minimum atomic E-state index is -0.298. The van der Waals surface area contributed by atoms with E-state index in [9.17, 15) is 9.90 Å². The molecule has 0 heterocycles. The van der Waals surface area contributed by atoms with Crippen LogP contribution in [0.1, 0.15) is 43.7 Å². The van der Waals surface area contributed by atoms with Gasteiger partial charge in [0, 0.05) is 13.0 Å². The SMILES string of the molecule is CCC(O)CCNC(=O)CCCc1ccc(C)cc1. The molecule has 0 bridgehead atoms. The van der Waals surface area contributed by atoms with Gasteiger partial charge >= 0.3 is 0 Å². The van der Waals surface area contributed by atoms with Crippen molar-refractivity contribution in [2.75, 3.05) is 6.54 Å². The average molecular weight is 263 g/mol. The molecule has 106 valence electrons. The first kappa shape index (κ1) is 15.7. The molecule has 0 saturated heterocycles. The zero-order valence-electron chi connectivity index (χ0n) is 12.0. The molecule has 3 nitrogen and oxygen atoms in total. The van der Waals surface area contributed by atoms with E-state index in [1.165, 1.54) is 11.1 Å². The van der Waals surface area contributed by atoms with Gasteiger partial charge < -0.3 is 10.4 Å². The molecule has 1 aromatic rings. The Balaban J connectivity index is 2.11. The second-order valence-electron chi connectivity index (χ2n) is 5.04. The topological polar surface area (TPSA) is 49.3 Å². The molecular weight excluding hydrogens is 238 g/mol. The van der Waals surface area contributed by atoms with Crippen LogP contribution in [0, 0.1) is 6.92 Å². The van der Waals surface area contributed by atoms with Crippen molar-refractivity contribution in [1.82, 2.24) is 5.32 Å². The summed E-state index contributed by atoms with van der Waals surface area (Å²) in [6.07, 6.45) is 3.43. The summed E-state index contributed by atoms with van der Waals surface area (Å²) in [5.41, 5.74) is 2.54. The van der Waals surface area contributed by atoms with E-state index in [0.717, 1.165) is 19.3 Å². The summed E-state index contributed by atoms with van der Waals surface area (Å²) in [5, 5.41) is 12.2. The molecule has 0 aromatic heterocycles. The van der Waals surface area contributed by atoms with Gasteiger partial charge in [0.2, 0.25) is 5.91 Å². The number of hydrogen-bond donors (Lipinski definition) is 2. The Hall–Kier alpha value is -1.35. The first-order valence-electron chi connectivity index (χ1n) is 7.12. The van der Waals surface area contributed by atoms with Gasteiger partial charge in [-0.1, -0.05) is 36.8 Å². The van der Waals surface area contributed by atoms with E-state index in [1.54, 1.807) is 0 Å². The number of aliphatic hydroxyl groups excluding tert-OH is 1. The number of hydrogen-bond acceptors (Lipinski definition) is 2. The number of carbonyl (C=O) groups is 1. The number of carbonyl (C=O) groups excluding carboxylic acids is 1. The van der Waals surface area contributed by atoms with Gasteiger partial charge in [0.05, 0.1) is 6.10 Å². The number of aryl methyl sites for hydroxylation is 2. The third-order valence-electron chi connectivity index (χ3n) is 3.26. The summed E-state index contributed by atoms with van der Waals surface area (Å²) in [4.78, 5) is 11.6. The van der Waals surface area contributed by atoms with Crippen LogP contribution in [0.3, 0.4) is 0 Å². The fourth-order valence-corrected chi connectivity index (χ4v) is 1.88. The van der Waals surface area contributed by atoms with Crippen LogP contribution in [0.25, 0.3) is 0 Å². The molecule has 2 N–H and O–H groups in total.